The SMILES string of the molecule is CC(C)(C)[Si](C)(C)OCC(C[C@@H]1C[C@@H](CS(=O)(=O)c2ccccc2)[C@H](CC=O)O1)O[Si](C)(C)C(C)(C)C. The molecule has 9 heteroatoms. The van der Waals surface area contributed by atoms with Crippen molar-refractivity contribution in [2.24, 2.45) is 5.92 Å². The van der Waals surface area contributed by atoms with Crippen LogP contribution >= 0.6 is 0 Å². The van der Waals surface area contributed by atoms with Gasteiger partial charge in [-0.05, 0) is 54.8 Å². The van der Waals surface area contributed by atoms with Crippen molar-refractivity contribution in [3.05, 3.63) is 30.3 Å². The number of carbonyl (C=O) groups excluding carboxylic acids is 1. The summed E-state index contributed by atoms with van der Waals surface area (Å²) in [6, 6.07) is 8.51. The highest BCUT2D eigenvalue weighted by Gasteiger charge is 2.44. The maximum Gasteiger partial charge on any atom is 0.192 e. The van der Waals surface area contributed by atoms with Crippen LogP contribution in [0.4, 0.5) is 0 Å². The van der Waals surface area contributed by atoms with E-state index in [0.717, 1.165) is 6.29 Å². The fourth-order valence-corrected chi connectivity index (χ4v) is 8.20. The zero-order valence-electron chi connectivity index (χ0n) is 24.7. The molecule has 6 nitrogen and oxygen atoms in total. The minimum atomic E-state index is -3.48. The molecule has 0 bridgehead atoms. The van der Waals surface area contributed by atoms with Gasteiger partial charge in [-0.3, -0.25) is 0 Å². The van der Waals surface area contributed by atoms with Gasteiger partial charge in [0.15, 0.2) is 26.5 Å². The van der Waals surface area contributed by atoms with Gasteiger partial charge in [-0.1, -0.05) is 59.7 Å². The number of hydrogen-bond donors (Lipinski definition) is 0. The highest BCUT2D eigenvalue weighted by atomic mass is 32.2. The van der Waals surface area contributed by atoms with E-state index in [1.165, 1.54) is 0 Å². The molecular weight excluding hydrogens is 521 g/mol. The molecule has 1 aromatic carbocycles. The Morgan fingerprint density at radius 3 is 2.08 bits per heavy atom. The molecule has 37 heavy (non-hydrogen) atoms. The van der Waals surface area contributed by atoms with Crippen LogP contribution in [0, 0.1) is 5.92 Å². The Labute approximate surface area is 228 Å². The number of carbonyl (C=O) groups is 1. The lowest BCUT2D eigenvalue weighted by atomic mass is 9.98. The Balaban J connectivity index is 2.22. The molecule has 2 rings (SSSR count). The molecule has 0 saturated carbocycles. The standard InChI is InChI=1S/C28H50O6SSi2/c1-27(2,3)36(7,8)32-20-24(34-37(9,10)28(4,5)6)19-23-18-22(26(33-23)16-17-29)21-35(30,31)25-14-12-11-13-15-25/h11-15,17,22-24,26H,16,18-21H2,1-10H3/t22-,23-,24?,26-/m0/s1. The Morgan fingerprint density at radius 1 is 1.00 bits per heavy atom. The lowest BCUT2D eigenvalue weighted by Crippen LogP contribution is -2.48. The Morgan fingerprint density at radius 2 is 1.57 bits per heavy atom. The lowest BCUT2D eigenvalue weighted by Gasteiger charge is -2.42. The normalized spacial score (nSPS) is 22.7. The van der Waals surface area contributed by atoms with Crippen LogP contribution in [0.2, 0.25) is 36.3 Å². The summed E-state index contributed by atoms with van der Waals surface area (Å²) in [7, 11) is -7.55. The molecular formula is C28H50O6SSi2. The third kappa shape index (κ3) is 8.83. The minimum Gasteiger partial charge on any atom is -0.414 e. The number of benzene rings is 1. The second-order valence-corrected chi connectivity index (χ2v) is 25.2. The molecule has 1 aliphatic rings. The monoisotopic (exact) mass is 570 g/mol. The van der Waals surface area contributed by atoms with Crippen LogP contribution in [0.1, 0.15) is 60.8 Å². The van der Waals surface area contributed by atoms with Gasteiger partial charge in [0.2, 0.25) is 0 Å². The molecule has 0 spiro atoms. The number of ether oxygens (including phenoxy) is 1. The van der Waals surface area contributed by atoms with E-state index in [9.17, 15) is 13.2 Å². The zero-order chi connectivity index (χ0) is 28.3. The van der Waals surface area contributed by atoms with E-state index in [1.807, 2.05) is 0 Å². The zero-order valence-corrected chi connectivity index (χ0v) is 27.5. The predicted molar refractivity (Wildman–Crippen MR) is 156 cm³/mol. The fraction of sp³-hybridized carbons (Fsp3) is 0.750. The first kappa shape index (κ1) is 32.4. The Bertz CT molecular complexity index is 980. The molecule has 1 aliphatic heterocycles. The summed E-state index contributed by atoms with van der Waals surface area (Å²) < 4.78 is 45.9. The highest BCUT2D eigenvalue weighted by molar-refractivity contribution is 7.91. The van der Waals surface area contributed by atoms with Crippen LogP contribution in [0.3, 0.4) is 0 Å². The maximum atomic E-state index is 13.1. The summed E-state index contributed by atoms with van der Waals surface area (Å²) in [5.41, 5.74) is 0. The molecule has 212 valence electrons. The van der Waals surface area contributed by atoms with E-state index in [1.54, 1.807) is 30.3 Å². The third-order valence-electron chi connectivity index (χ3n) is 8.55. The van der Waals surface area contributed by atoms with Crippen molar-refractivity contribution in [1.82, 2.24) is 0 Å². The van der Waals surface area contributed by atoms with E-state index < -0.39 is 32.6 Å². The molecule has 1 fully saturated rings. The van der Waals surface area contributed by atoms with Crippen LogP contribution in [0.5, 0.6) is 0 Å². The summed E-state index contributed by atoms with van der Waals surface area (Å²) in [6.45, 7) is 22.8. The molecule has 1 unspecified atom stereocenters. The van der Waals surface area contributed by atoms with Crippen LogP contribution < -0.4 is 0 Å². The average Bonchev–Trinajstić information content (AvgIpc) is 3.11. The average molecular weight is 571 g/mol. The number of hydrogen-bond acceptors (Lipinski definition) is 6. The summed E-state index contributed by atoms with van der Waals surface area (Å²) in [4.78, 5) is 11.7. The van der Waals surface area contributed by atoms with E-state index in [0.29, 0.717) is 24.3 Å². The molecule has 1 heterocycles. The van der Waals surface area contributed by atoms with E-state index in [4.69, 9.17) is 13.6 Å². The van der Waals surface area contributed by atoms with Gasteiger partial charge < -0.3 is 18.4 Å². The molecule has 0 aromatic heterocycles. The first-order chi connectivity index (χ1) is 16.8. The van der Waals surface area contributed by atoms with Gasteiger partial charge in [-0.2, -0.15) is 0 Å². The third-order valence-corrected chi connectivity index (χ3v) is 19.4. The molecule has 1 aromatic rings. The van der Waals surface area contributed by atoms with Crippen molar-refractivity contribution in [2.45, 2.75) is 120 Å². The van der Waals surface area contributed by atoms with Gasteiger partial charge in [-0.25, -0.2) is 8.42 Å². The molecule has 1 saturated heterocycles. The topological polar surface area (TPSA) is 78.9 Å². The first-order valence-electron chi connectivity index (χ1n) is 13.5. The van der Waals surface area contributed by atoms with Crippen LogP contribution in [0.25, 0.3) is 0 Å². The second-order valence-electron chi connectivity index (χ2n) is 13.6. The summed E-state index contributed by atoms with van der Waals surface area (Å²) in [5, 5.41) is 0.134. The molecule has 4 atom stereocenters. The van der Waals surface area contributed by atoms with E-state index in [-0.39, 0.29) is 40.4 Å². The van der Waals surface area contributed by atoms with Crippen LogP contribution in [0.15, 0.2) is 35.2 Å². The second kappa shape index (κ2) is 12.1. The number of sulfone groups is 1. The van der Waals surface area contributed by atoms with Crippen molar-refractivity contribution in [2.75, 3.05) is 12.4 Å². The molecule has 0 N–H and O–H groups in total. The van der Waals surface area contributed by atoms with Crippen LogP contribution in [-0.2, 0) is 28.2 Å². The Hall–Kier alpha value is -0.846. The van der Waals surface area contributed by atoms with Crippen molar-refractivity contribution in [3.63, 3.8) is 0 Å². The number of rotatable bonds is 12. The molecule has 0 radical (unpaired) electrons. The summed E-state index contributed by atoms with van der Waals surface area (Å²) in [5.74, 6) is -0.268. The van der Waals surface area contributed by atoms with Gasteiger partial charge in [0.25, 0.3) is 0 Å². The van der Waals surface area contributed by atoms with Crippen molar-refractivity contribution >= 4 is 32.8 Å². The minimum absolute atomic E-state index is 0.0275. The van der Waals surface area contributed by atoms with Gasteiger partial charge >= 0.3 is 0 Å². The summed E-state index contributed by atoms with van der Waals surface area (Å²) >= 11 is 0. The van der Waals surface area contributed by atoms with Gasteiger partial charge in [0.1, 0.15) is 6.29 Å². The summed E-state index contributed by atoms with van der Waals surface area (Å²) in [6.07, 6.45) is 1.50. The fourth-order valence-electron chi connectivity index (χ4n) is 4.13. The van der Waals surface area contributed by atoms with Gasteiger partial charge in [0.05, 0.1) is 35.6 Å². The van der Waals surface area contributed by atoms with E-state index in [2.05, 4.69) is 67.7 Å². The predicted octanol–water partition coefficient (Wildman–Crippen LogP) is 6.63. The maximum absolute atomic E-state index is 13.1. The smallest absolute Gasteiger partial charge is 0.192 e. The Kier molecular flexibility index (Phi) is 10.6. The number of aldehydes is 1. The largest absolute Gasteiger partial charge is 0.414 e. The molecule has 0 amide bonds. The van der Waals surface area contributed by atoms with Gasteiger partial charge in [-0.15, -0.1) is 0 Å². The van der Waals surface area contributed by atoms with Crippen molar-refractivity contribution < 1.29 is 26.8 Å². The van der Waals surface area contributed by atoms with Crippen molar-refractivity contribution in [1.29, 1.82) is 0 Å². The highest BCUT2D eigenvalue weighted by Crippen LogP contribution is 2.41. The van der Waals surface area contributed by atoms with Crippen LogP contribution in [-0.4, -0.2) is 62.0 Å². The quantitative estimate of drug-likeness (QED) is 0.207. The van der Waals surface area contributed by atoms with Gasteiger partial charge in [0, 0.05) is 18.8 Å². The van der Waals surface area contributed by atoms with Crippen molar-refractivity contribution in [3.8, 4) is 0 Å². The van der Waals surface area contributed by atoms with E-state index >= 15 is 0 Å². The first-order valence-corrected chi connectivity index (χ1v) is 20.9. The molecule has 0 aliphatic carbocycles. The lowest BCUT2D eigenvalue weighted by molar-refractivity contribution is -0.110.